The van der Waals surface area contributed by atoms with Gasteiger partial charge in [0.1, 0.15) is 27.4 Å². The molecule has 0 saturated heterocycles. The molecule has 0 aromatic heterocycles. The Hall–Kier alpha value is -3.62. The van der Waals surface area contributed by atoms with Crippen LogP contribution < -0.4 is 30.5 Å². The summed E-state index contributed by atoms with van der Waals surface area (Å²) < 4.78 is 10.8. The zero-order valence-corrected chi connectivity index (χ0v) is 19.0. The van der Waals surface area contributed by atoms with Gasteiger partial charge >= 0.3 is 0 Å². The Balaban J connectivity index is 1.92. The van der Waals surface area contributed by atoms with Gasteiger partial charge in [0, 0.05) is 6.07 Å². The molecule has 0 unspecified atom stereocenters. The van der Waals surface area contributed by atoms with Crippen LogP contribution in [0.5, 0.6) is 11.5 Å². The van der Waals surface area contributed by atoms with Crippen LogP contribution in [0.25, 0.3) is 0 Å². The summed E-state index contributed by atoms with van der Waals surface area (Å²) in [7, 11) is 0.633. The summed E-state index contributed by atoms with van der Waals surface area (Å²) in [6.07, 6.45) is 0. The van der Waals surface area contributed by atoms with Crippen LogP contribution in [0.1, 0.15) is 10.4 Å². The van der Waals surface area contributed by atoms with Crippen molar-refractivity contribution in [2.45, 2.75) is 0 Å². The molecule has 4 nitrogen and oxygen atoms in total. The number of rotatable bonds is 7. The number of benzene rings is 4. The van der Waals surface area contributed by atoms with E-state index < -0.39 is 7.41 Å². The van der Waals surface area contributed by atoms with Gasteiger partial charge < -0.3 is 9.47 Å². The fourth-order valence-corrected chi connectivity index (χ4v) is 7.36. The summed E-state index contributed by atoms with van der Waals surface area (Å²) in [5.74, 6) is 0.900. The highest BCUT2D eigenvalue weighted by Crippen LogP contribution is 2.51. The molecule has 0 fully saturated rings. The van der Waals surface area contributed by atoms with E-state index in [1.54, 1.807) is 32.4 Å². The summed E-state index contributed by atoms with van der Waals surface area (Å²) >= 11 is 0. The molecular formula is C27H25NO3P+. The number of hydrogen-bond acceptors (Lipinski definition) is 3. The molecule has 1 amide bonds. The van der Waals surface area contributed by atoms with Gasteiger partial charge in [0.05, 0.1) is 19.8 Å². The first-order chi connectivity index (χ1) is 15.7. The standard InChI is InChI=1S/C27H24NO3P/c1-30-21-18-19-25(26(20-21)31-2)27(29)28-32(22-12-6-3-7-13-22,23-14-8-4-9-15-23)24-16-10-5-11-17-24/h3-20H,1-2H3/p+1. The fraction of sp³-hybridized carbons (Fsp3) is 0.0741. The summed E-state index contributed by atoms with van der Waals surface area (Å²) in [6.45, 7) is 0. The Morgan fingerprint density at radius 3 is 1.53 bits per heavy atom. The maximum Gasteiger partial charge on any atom is 0.287 e. The third-order valence-electron chi connectivity index (χ3n) is 5.35. The number of nitrogens with one attached hydrogen (secondary N) is 1. The molecule has 0 atom stereocenters. The van der Waals surface area contributed by atoms with Crippen LogP contribution in [-0.2, 0) is 0 Å². The van der Waals surface area contributed by atoms with E-state index in [2.05, 4.69) is 41.5 Å². The predicted molar refractivity (Wildman–Crippen MR) is 132 cm³/mol. The molecule has 1 N–H and O–H groups in total. The lowest BCUT2D eigenvalue weighted by atomic mass is 10.2. The zero-order chi connectivity index (χ0) is 22.4. The van der Waals surface area contributed by atoms with Crippen molar-refractivity contribution in [2.24, 2.45) is 0 Å². The largest absolute Gasteiger partial charge is 0.497 e. The lowest BCUT2D eigenvalue weighted by Gasteiger charge is -2.27. The minimum absolute atomic E-state index is 0.200. The van der Waals surface area contributed by atoms with Gasteiger partial charge in [-0.3, -0.25) is 4.79 Å². The van der Waals surface area contributed by atoms with Crippen molar-refractivity contribution in [3.05, 3.63) is 115 Å². The molecule has 32 heavy (non-hydrogen) atoms. The number of carbonyl (C=O) groups is 1. The Kier molecular flexibility index (Phi) is 6.53. The minimum atomic E-state index is -2.51. The maximum absolute atomic E-state index is 13.8. The summed E-state index contributed by atoms with van der Waals surface area (Å²) in [6, 6.07) is 35.8. The van der Waals surface area contributed by atoms with Crippen LogP contribution in [0.2, 0.25) is 0 Å². The third-order valence-corrected chi connectivity index (χ3v) is 9.11. The van der Waals surface area contributed by atoms with Crippen LogP contribution in [-0.4, -0.2) is 20.1 Å². The van der Waals surface area contributed by atoms with Crippen LogP contribution in [0.15, 0.2) is 109 Å². The number of ether oxygens (including phenoxy) is 2. The Morgan fingerprint density at radius 1 is 0.656 bits per heavy atom. The average molecular weight is 442 g/mol. The van der Waals surface area contributed by atoms with E-state index in [0.29, 0.717) is 17.1 Å². The molecule has 0 bridgehead atoms. The second kappa shape index (κ2) is 9.67. The van der Waals surface area contributed by atoms with E-state index in [4.69, 9.17) is 9.47 Å². The van der Waals surface area contributed by atoms with E-state index in [-0.39, 0.29) is 5.91 Å². The van der Waals surface area contributed by atoms with Crippen LogP contribution >= 0.6 is 7.41 Å². The first-order valence-corrected chi connectivity index (χ1v) is 12.1. The number of methoxy groups -OCH3 is 2. The van der Waals surface area contributed by atoms with Crippen molar-refractivity contribution >= 4 is 29.2 Å². The van der Waals surface area contributed by atoms with Crippen LogP contribution in [0, 0.1) is 0 Å². The first-order valence-electron chi connectivity index (χ1n) is 10.3. The molecule has 4 aromatic carbocycles. The molecule has 0 saturated carbocycles. The highest BCUT2D eigenvalue weighted by molar-refractivity contribution is 7.94. The molecular weight excluding hydrogens is 417 g/mol. The predicted octanol–water partition coefficient (Wildman–Crippen LogP) is 4.34. The summed E-state index contributed by atoms with van der Waals surface area (Å²) in [5.41, 5.74) is 0.459. The van der Waals surface area contributed by atoms with Gasteiger partial charge in [-0.1, -0.05) is 54.6 Å². The number of amides is 1. The van der Waals surface area contributed by atoms with Gasteiger partial charge in [0.2, 0.25) is 7.41 Å². The summed E-state index contributed by atoms with van der Waals surface area (Å²) in [5, 5.41) is 6.66. The highest BCUT2D eigenvalue weighted by Gasteiger charge is 2.47. The van der Waals surface area contributed by atoms with Crippen molar-refractivity contribution in [2.75, 3.05) is 14.2 Å². The summed E-state index contributed by atoms with van der Waals surface area (Å²) in [4.78, 5) is 13.8. The lowest BCUT2D eigenvalue weighted by molar-refractivity contribution is 0.0979. The normalized spacial score (nSPS) is 10.9. The van der Waals surface area contributed by atoms with E-state index in [9.17, 15) is 4.79 Å². The third kappa shape index (κ3) is 4.10. The smallest absolute Gasteiger partial charge is 0.287 e. The van der Waals surface area contributed by atoms with Crippen LogP contribution in [0.3, 0.4) is 0 Å². The van der Waals surface area contributed by atoms with Crippen molar-refractivity contribution in [3.8, 4) is 11.5 Å². The molecule has 0 aliphatic carbocycles. The van der Waals surface area contributed by atoms with Gasteiger partial charge in [0.15, 0.2) is 0 Å². The van der Waals surface area contributed by atoms with Gasteiger partial charge in [0.25, 0.3) is 5.91 Å². The number of carbonyl (C=O) groups excluding carboxylic acids is 1. The second-order valence-corrected chi connectivity index (χ2v) is 10.3. The molecule has 0 heterocycles. The molecule has 0 aliphatic heterocycles. The fourth-order valence-electron chi connectivity index (χ4n) is 3.79. The molecule has 160 valence electrons. The topological polar surface area (TPSA) is 47.6 Å². The monoisotopic (exact) mass is 442 g/mol. The van der Waals surface area contributed by atoms with E-state index in [0.717, 1.165) is 15.9 Å². The molecule has 4 aromatic rings. The minimum Gasteiger partial charge on any atom is -0.497 e. The van der Waals surface area contributed by atoms with Gasteiger partial charge in [-0.25, -0.2) is 5.09 Å². The number of hydrogen-bond donors (Lipinski definition) is 1. The van der Waals surface area contributed by atoms with Crippen molar-refractivity contribution in [3.63, 3.8) is 0 Å². The van der Waals surface area contributed by atoms with Crippen LogP contribution in [0.4, 0.5) is 0 Å². The average Bonchev–Trinajstić information content (AvgIpc) is 2.88. The van der Waals surface area contributed by atoms with Gasteiger partial charge in [-0.2, -0.15) is 0 Å². The van der Waals surface area contributed by atoms with Gasteiger partial charge in [-0.15, -0.1) is 0 Å². The van der Waals surface area contributed by atoms with Crippen molar-refractivity contribution in [1.29, 1.82) is 0 Å². The molecule has 4 rings (SSSR count). The van der Waals surface area contributed by atoms with Crippen molar-refractivity contribution < 1.29 is 14.3 Å². The molecule has 0 radical (unpaired) electrons. The zero-order valence-electron chi connectivity index (χ0n) is 18.1. The quantitative estimate of drug-likeness (QED) is 0.433. The molecule has 0 spiro atoms. The lowest BCUT2D eigenvalue weighted by Crippen LogP contribution is -2.43. The Morgan fingerprint density at radius 2 is 1.12 bits per heavy atom. The highest BCUT2D eigenvalue weighted by atomic mass is 31.2. The SMILES string of the molecule is COc1ccc(C(=O)N[P+](c2ccccc2)(c2ccccc2)c2ccccc2)c(OC)c1. The van der Waals surface area contributed by atoms with Crippen molar-refractivity contribution in [1.82, 2.24) is 5.09 Å². The maximum atomic E-state index is 13.8. The van der Waals surface area contributed by atoms with E-state index >= 15 is 0 Å². The molecule has 5 heteroatoms. The molecule has 0 aliphatic rings. The van der Waals surface area contributed by atoms with E-state index in [1.165, 1.54) is 0 Å². The first kappa shape index (κ1) is 21.6. The Bertz CT molecular complexity index is 1080. The second-order valence-electron chi connectivity index (χ2n) is 7.18. The van der Waals surface area contributed by atoms with Gasteiger partial charge in [-0.05, 0) is 48.5 Å². The Labute approximate surface area is 189 Å². The van der Waals surface area contributed by atoms with E-state index in [1.807, 2.05) is 54.6 Å².